The quantitative estimate of drug-likeness (QED) is 0.0199. The van der Waals surface area contributed by atoms with Crippen LogP contribution in [0.1, 0.15) is 213 Å². The zero-order valence-electron chi connectivity index (χ0n) is 55.7. The maximum Gasteiger partial charge on any atom is 0.220 e. The summed E-state index contributed by atoms with van der Waals surface area (Å²) in [5.41, 5.74) is 0. The Labute approximate surface area is 551 Å². The Morgan fingerprint density at radius 3 is 1.17 bits per heavy atom. The van der Waals surface area contributed by atoms with Crippen LogP contribution in [0.25, 0.3) is 0 Å². The second-order valence-electron chi connectivity index (χ2n) is 24.6. The third kappa shape index (κ3) is 34.9. The van der Waals surface area contributed by atoms with Crippen molar-refractivity contribution in [2.24, 2.45) is 0 Å². The highest BCUT2D eigenvalue weighted by Gasteiger charge is 2.53. The van der Waals surface area contributed by atoms with Crippen molar-refractivity contribution in [2.75, 3.05) is 26.4 Å². The molecule has 0 aromatic rings. The van der Waals surface area contributed by atoms with Crippen LogP contribution in [0.5, 0.6) is 0 Å². The van der Waals surface area contributed by atoms with E-state index in [0.29, 0.717) is 6.42 Å². The molecule has 1 amide bonds. The lowest BCUT2D eigenvalue weighted by Crippen LogP contribution is -2.66. The minimum absolute atomic E-state index is 0.206. The number of rotatable bonds is 52. The molecule has 0 saturated carbocycles. The molecule has 0 radical (unpaired) electrons. The molecular formula is C73H123NO18. The number of carbonyl (C=O) groups excluding carboxylic acids is 1. The monoisotopic (exact) mass is 1300 g/mol. The second kappa shape index (κ2) is 53.6. The third-order valence-electron chi connectivity index (χ3n) is 16.8. The van der Waals surface area contributed by atoms with Crippen molar-refractivity contribution in [1.29, 1.82) is 0 Å². The zero-order valence-corrected chi connectivity index (χ0v) is 55.7. The average Bonchev–Trinajstić information content (AvgIpc) is 0.834. The van der Waals surface area contributed by atoms with E-state index in [4.69, 9.17) is 28.4 Å². The van der Waals surface area contributed by atoms with Gasteiger partial charge in [-0.25, -0.2) is 0 Å². The Bertz CT molecular complexity index is 2090. The first-order valence-corrected chi connectivity index (χ1v) is 35.1. The summed E-state index contributed by atoms with van der Waals surface area (Å²) in [5.74, 6) is -0.304. The maximum atomic E-state index is 13.4. The smallest absolute Gasteiger partial charge is 0.220 e. The lowest BCUT2D eigenvalue weighted by Gasteiger charge is -2.48. The van der Waals surface area contributed by atoms with Crippen molar-refractivity contribution in [2.45, 2.75) is 317 Å². The predicted molar refractivity (Wildman–Crippen MR) is 360 cm³/mol. The van der Waals surface area contributed by atoms with Gasteiger partial charge in [-0.3, -0.25) is 4.79 Å². The average molecular weight is 1300 g/mol. The number of ether oxygens (including phenoxy) is 6. The molecule has 528 valence electrons. The fraction of sp³-hybridized carbons (Fsp3) is 0.740. The summed E-state index contributed by atoms with van der Waals surface area (Å²) in [5, 5.41) is 121. The molecule has 3 saturated heterocycles. The summed E-state index contributed by atoms with van der Waals surface area (Å²) >= 11 is 0. The lowest BCUT2D eigenvalue weighted by atomic mass is 9.96. The summed E-state index contributed by atoms with van der Waals surface area (Å²) < 4.78 is 34.3. The van der Waals surface area contributed by atoms with Crippen LogP contribution in [0, 0.1) is 0 Å². The Hall–Kier alpha value is -3.55. The molecule has 3 aliphatic heterocycles. The van der Waals surface area contributed by atoms with Crippen molar-refractivity contribution in [3.8, 4) is 0 Å². The van der Waals surface area contributed by atoms with Crippen LogP contribution in [0.2, 0.25) is 0 Å². The zero-order chi connectivity index (χ0) is 66.8. The molecule has 19 heteroatoms. The first-order valence-electron chi connectivity index (χ1n) is 35.1. The number of carbonyl (C=O) groups is 1. The SMILES string of the molecule is CC/C=C\C/C=C\C/C=C\C/C=C\C/C=C\C/C=C\C/C=C\C/C=C\CCCCCCC(=O)NC(COC1OC(CO)C(OC2OC(CO)C(OC3OC(CO)C(O)C(O)C3O)C(O)C2O)C(O)C1O)C(O)/C=C/CCCCCCCCCCCCCCCCCC. The van der Waals surface area contributed by atoms with Crippen LogP contribution in [0.4, 0.5) is 0 Å². The van der Waals surface area contributed by atoms with Crippen LogP contribution in [0.3, 0.4) is 0 Å². The lowest BCUT2D eigenvalue weighted by molar-refractivity contribution is -0.379. The highest BCUT2D eigenvalue weighted by molar-refractivity contribution is 5.76. The molecule has 0 spiro atoms. The van der Waals surface area contributed by atoms with Crippen molar-refractivity contribution >= 4 is 5.91 Å². The van der Waals surface area contributed by atoms with Gasteiger partial charge >= 0.3 is 0 Å². The topological polar surface area (TPSA) is 307 Å². The van der Waals surface area contributed by atoms with Crippen molar-refractivity contribution in [3.63, 3.8) is 0 Å². The number of hydrogen-bond acceptors (Lipinski definition) is 18. The van der Waals surface area contributed by atoms with Gasteiger partial charge in [0, 0.05) is 6.42 Å². The fourth-order valence-electron chi connectivity index (χ4n) is 11.1. The van der Waals surface area contributed by atoms with Gasteiger partial charge in [0.05, 0.1) is 38.6 Å². The molecule has 3 fully saturated rings. The molecule has 19 nitrogen and oxygen atoms in total. The van der Waals surface area contributed by atoms with E-state index in [1.807, 2.05) is 6.08 Å². The largest absolute Gasteiger partial charge is 0.394 e. The van der Waals surface area contributed by atoms with Crippen LogP contribution >= 0.6 is 0 Å². The first-order chi connectivity index (χ1) is 44.8. The van der Waals surface area contributed by atoms with E-state index >= 15 is 0 Å². The molecule has 0 bridgehead atoms. The Morgan fingerprint density at radius 2 is 0.750 bits per heavy atom. The second-order valence-corrected chi connectivity index (χ2v) is 24.6. The van der Waals surface area contributed by atoms with Gasteiger partial charge in [-0.1, -0.05) is 232 Å². The number of unbranched alkanes of at least 4 members (excludes halogenated alkanes) is 20. The van der Waals surface area contributed by atoms with Crippen molar-refractivity contribution in [3.05, 3.63) is 109 Å². The van der Waals surface area contributed by atoms with Gasteiger partial charge in [0.2, 0.25) is 5.91 Å². The van der Waals surface area contributed by atoms with E-state index in [1.54, 1.807) is 6.08 Å². The number of aliphatic hydroxyl groups is 11. The van der Waals surface area contributed by atoms with E-state index in [-0.39, 0.29) is 18.9 Å². The molecule has 17 unspecified atom stereocenters. The van der Waals surface area contributed by atoms with Gasteiger partial charge < -0.3 is 89.9 Å². The Morgan fingerprint density at radius 1 is 0.402 bits per heavy atom. The number of aliphatic hydroxyl groups excluding tert-OH is 11. The number of hydrogen-bond donors (Lipinski definition) is 12. The van der Waals surface area contributed by atoms with E-state index in [1.165, 1.54) is 83.5 Å². The molecule has 0 aromatic carbocycles. The van der Waals surface area contributed by atoms with E-state index < -0.39 is 124 Å². The van der Waals surface area contributed by atoms with Crippen LogP contribution < -0.4 is 5.32 Å². The molecule has 0 aliphatic carbocycles. The van der Waals surface area contributed by atoms with Gasteiger partial charge in [-0.2, -0.15) is 0 Å². The summed E-state index contributed by atoms with van der Waals surface area (Å²) in [6, 6.07) is -0.996. The van der Waals surface area contributed by atoms with Crippen LogP contribution in [-0.2, 0) is 33.2 Å². The van der Waals surface area contributed by atoms with Gasteiger partial charge in [0.15, 0.2) is 18.9 Å². The van der Waals surface area contributed by atoms with Gasteiger partial charge in [0.25, 0.3) is 0 Å². The Balaban J connectivity index is 1.45. The minimum atomic E-state index is -1.99. The van der Waals surface area contributed by atoms with E-state index in [0.717, 1.165) is 103 Å². The normalized spacial score (nSPS) is 28.4. The van der Waals surface area contributed by atoms with Gasteiger partial charge in [-0.15, -0.1) is 0 Å². The Kier molecular flexibility index (Phi) is 48.1. The number of allylic oxidation sites excluding steroid dienone is 17. The molecule has 92 heavy (non-hydrogen) atoms. The predicted octanol–water partition coefficient (Wildman–Crippen LogP) is 9.44. The van der Waals surface area contributed by atoms with Crippen molar-refractivity contribution < 1.29 is 89.4 Å². The summed E-state index contributed by atoms with van der Waals surface area (Å²) in [6.07, 6.45) is 44.8. The number of amides is 1. The summed E-state index contributed by atoms with van der Waals surface area (Å²) in [7, 11) is 0. The molecule has 12 N–H and O–H groups in total. The molecular weight excluding hydrogens is 1180 g/mol. The molecule has 17 atom stereocenters. The van der Waals surface area contributed by atoms with E-state index in [9.17, 15) is 61.0 Å². The third-order valence-corrected chi connectivity index (χ3v) is 16.8. The van der Waals surface area contributed by atoms with Crippen LogP contribution in [0.15, 0.2) is 109 Å². The molecule has 3 rings (SSSR count). The maximum absolute atomic E-state index is 13.4. The van der Waals surface area contributed by atoms with Gasteiger partial charge in [-0.05, 0) is 83.5 Å². The highest BCUT2D eigenvalue weighted by Crippen LogP contribution is 2.33. The summed E-state index contributed by atoms with van der Waals surface area (Å²) in [4.78, 5) is 13.4. The molecule has 3 heterocycles. The van der Waals surface area contributed by atoms with Crippen LogP contribution in [-0.4, -0.2) is 193 Å². The molecule has 3 aliphatic rings. The number of nitrogens with one attached hydrogen (secondary N) is 1. The standard InChI is InChI=1S/C73H123NO18/c1-3-5-7-9-11-13-15-17-19-21-23-24-25-26-27-28-29-30-31-32-33-35-37-39-41-43-45-47-49-51-61(79)74-56(57(78)50-48-46-44-42-40-38-36-34-22-20-18-16-14-12-10-8-6-4-2)55-87-71-67(85)64(82)69(59(53-76)89-71)92-73-68(86)65(83)70(60(54-77)90-73)91-72-66(84)63(81)62(80)58(52-75)88-72/h5,7,11,13,17,19,23-24,26-27,29-30,32-33,37,39,48,50,56-60,62-73,75-78,80-86H,3-4,6,8-10,12,14-16,18,20-22,25,28,31,34-36,38,40-47,49,51-55H2,1-2H3,(H,74,79)/b7-5-,13-11-,19-17-,24-23-,27-26-,30-29-,33-32-,39-37-,50-48+. The van der Waals surface area contributed by atoms with Gasteiger partial charge in [0.1, 0.15) is 73.2 Å². The first kappa shape index (κ1) is 82.7. The fourth-order valence-corrected chi connectivity index (χ4v) is 11.1. The highest BCUT2D eigenvalue weighted by atomic mass is 16.8. The summed E-state index contributed by atoms with van der Waals surface area (Å²) in [6.45, 7) is 1.59. The van der Waals surface area contributed by atoms with E-state index in [2.05, 4.69) is 116 Å². The minimum Gasteiger partial charge on any atom is -0.394 e. The molecule has 0 aromatic heterocycles. The van der Waals surface area contributed by atoms with Crippen molar-refractivity contribution in [1.82, 2.24) is 5.32 Å².